The number of rotatable bonds is 2. The van der Waals surface area contributed by atoms with Gasteiger partial charge in [-0.05, 0) is 25.3 Å². The van der Waals surface area contributed by atoms with Gasteiger partial charge >= 0.3 is 0 Å². The first-order valence-corrected chi connectivity index (χ1v) is 5.57. The Morgan fingerprint density at radius 3 is 2.57 bits per heavy atom. The lowest BCUT2D eigenvalue weighted by Gasteiger charge is -2.02. The summed E-state index contributed by atoms with van der Waals surface area (Å²) in [4.78, 5) is 4.32. The summed E-state index contributed by atoms with van der Waals surface area (Å²) in [6.45, 7) is 1.90. The second-order valence-electron chi connectivity index (χ2n) is 2.89. The van der Waals surface area contributed by atoms with Crippen LogP contribution in [0.4, 0.5) is 0 Å². The van der Waals surface area contributed by atoms with Crippen LogP contribution in [-0.2, 0) is 0 Å². The molecular formula is C10H11N3S. The maximum atomic E-state index is 4.34. The van der Waals surface area contributed by atoms with Crippen LogP contribution >= 0.6 is 11.8 Å². The summed E-state index contributed by atoms with van der Waals surface area (Å²) in [6.07, 6.45) is 2.00. The Bertz CT molecular complexity index is 422. The van der Waals surface area contributed by atoms with Crippen LogP contribution in [0.5, 0.6) is 0 Å². The van der Waals surface area contributed by atoms with Gasteiger partial charge in [0.2, 0.25) is 0 Å². The third-order valence-corrected chi connectivity index (χ3v) is 2.50. The smallest absolute Gasteiger partial charge is 0.190 e. The van der Waals surface area contributed by atoms with Crippen molar-refractivity contribution < 1.29 is 0 Å². The number of thioether (sulfide) groups is 1. The molecule has 0 spiro atoms. The zero-order chi connectivity index (χ0) is 9.97. The Morgan fingerprint density at radius 2 is 1.93 bits per heavy atom. The van der Waals surface area contributed by atoms with Crippen molar-refractivity contribution in [3.8, 4) is 5.69 Å². The third kappa shape index (κ3) is 1.65. The van der Waals surface area contributed by atoms with E-state index >= 15 is 0 Å². The number of aromatic nitrogens is 3. The molecule has 0 aliphatic heterocycles. The molecule has 0 radical (unpaired) electrons. The lowest BCUT2D eigenvalue weighted by atomic mass is 10.3. The minimum atomic E-state index is 0.804. The van der Waals surface area contributed by atoms with Crippen LogP contribution < -0.4 is 0 Å². The summed E-state index contributed by atoms with van der Waals surface area (Å²) in [5, 5.41) is 5.26. The standard InChI is InChI=1S/C10H11N3S/c1-8-11-10(14-2)13(12-8)9-6-4-3-5-7-9/h3-7H,1-2H3. The van der Waals surface area contributed by atoms with Crippen LogP contribution in [-0.4, -0.2) is 21.0 Å². The second-order valence-corrected chi connectivity index (χ2v) is 3.67. The van der Waals surface area contributed by atoms with E-state index in [1.54, 1.807) is 11.8 Å². The largest absolute Gasteiger partial charge is 0.208 e. The van der Waals surface area contributed by atoms with Crippen LogP contribution in [0.1, 0.15) is 5.82 Å². The van der Waals surface area contributed by atoms with E-state index in [1.165, 1.54) is 0 Å². The van der Waals surface area contributed by atoms with Crippen LogP contribution in [0.15, 0.2) is 35.5 Å². The Hall–Kier alpha value is -1.29. The minimum absolute atomic E-state index is 0.804. The molecule has 0 atom stereocenters. The quantitative estimate of drug-likeness (QED) is 0.705. The molecule has 0 unspecified atom stereocenters. The fraction of sp³-hybridized carbons (Fsp3) is 0.200. The van der Waals surface area contributed by atoms with Crippen molar-refractivity contribution in [2.45, 2.75) is 12.1 Å². The van der Waals surface area contributed by atoms with E-state index in [1.807, 2.05) is 48.2 Å². The van der Waals surface area contributed by atoms with E-state index in [-0.39, 0.29) is 0 Å². The van der Waals surface area contributed by atoms with E-state index < -0.39 is 0 Å². The highest BCUT2D eigenvalue weighted by atomic mass is 32.2. The van der Waals surface area contributed by atoms with Gasteiger partial charge in [0, 0.05) is 0 Å². The van der Waals surface area contributed by atoms with E-state index in [9.17, 15) is 0 Å². The molecule has 72 valence electrons. The molecule has 3 nitrogen and oxygen atoms in total. The Balaban J connectivity index is 2.51. The van der Waals surface area contributed by atoms with Crippen LogP contribution in [0.25, 0.3) is 5.69 Å². The number of aryl methyl sites for hydroxylation is 1. The highest BCUT2D eigenvalue weighted by molar-refractivity contribution is 7.98. The van der Waals surface area contributed by atoms with Crippen LogP contribution in [0.2, 0.25) is 0 Å². The summed E-state index contributed by atoms with van der Waals surface area (Å²) in [6, 6.07) is 10.0. The minimum Gasteiger partial charge on any atom is -0.208 e. The molecule has 0 saturated heterocycles. The van der Waals surface area contributed by atoms with Crippen LogP contribution in [0, 0.1) is 6.92 Å². The van der Waals surface area contributed by atoms with Gasteiger partial charge in [-0.15, -0.1) is 0 Å². The molecule has 0 amide bonds. The van der Waals surface area contributed by atoms with Crippen molar-refractivity contribution in [2.24, 2.45) is 0 Å². The van der Waals surface area contributed by atoms with E-state index in [4.69, 9.17) is 0 Å². The normalized spacial score (nSPS) is 10.4. The number of para-hydroxylation sites is 1. The molecule has 1 heterocycles. The molecule has 0 bridgehead atoms. The number of nitrogens with zero attached hydrogens (tertiary/aromatic N) is 3. The first-order valence-electron chi connectivity index (χ1n) is 4.34. The topological polar surface area (TPSA) is 30.7 Å². The third-order valence-electron chi connectivity index (χ3n) is 1.87. The van der Waals surface area contributed by atoms with Crippen molar-refractivity contribution in [3.63, 3.8) is 0 Å². The van der Waals surface area contributed by atoms with Gasteiger partial charge in [0.25, 0.3) is 0 Å². The highest BCUT2D eigenvalue weighted by Gasteiger charge is 2.06. The average molecular weight is 205 g/mol. The predicted molar refractivity (Wildman–Crippen MR) is 57.9 cm³/mol. The SMILES string of the molecule is CSc1nc(C)nn1-c1ccccc1. The Kier molecular flexibility index (Phi) is 2.54. The molecule has 1 aromatic carbocycles. The second kappa shape index (κ2) is 3.84. The zero-order valence-corrected chi connectivity index (χ0v) is 8.95. The van der Waals surface area contributed by atoms with E-state index in [0.29, 0.717) is 0 Å². The molecule has 0 saturated carbocycles. The molecule has 4 heteroatoms. The average Bonchev–Trinajstić information content (AvgIpc) is 2.61. The lowest BCUT2D eigenvalue weighted by Crippen LogP contribution is -1.97. The van der Waals surface area contributed by atoms with Crippen molar-refractivity contribution in [3.05, 3.63) is 36.2 Å². The van der Waals surface area contributed by atoms with Crippen LogP contribution in [0.3, 0.4) is 0 Å². The van der Waals surface area contributed by atoms with Crippen molar-refractivity contribution in [1.29, 1.82) is 0 Å². The first-order chi connectivity index (χ1) is 6.81. The molecule has 2 aromatic rings. The zero-order valence-electron chi connectivity index (χ0n) is 8.14. The Labute approximate surface area is 87.2 Å². The molecule has 14 heavy (non-hydrogen) atoms. The lowest BCUT2D eigenvalue weighted by molar-refractivity contribution is 0.783. The number of hydrogen-bond acceptors (Lipinski definition) is 3. The van der Waals surface area contributed by atoms with Gasteiger partial charge in [-0.25, -0.2) is 9.67 Å². The van der Waals surface area contributed by atoms with E-state index in [2.05, 4.69) is 10.1 Å². The van der Waals surface area contributed by atoms with Crippen molar-refractivity contribution in [2.75, 3.05) is 6.26 Å². The van der Waals surface area contributed by atoms with E-state index in [0.717, 1.165) is 16.7 Å². The van der Waals surface area contributed by atoms with Gasteiger partial charge in [-0.1, -0.05) is 30.0 Å². The monoisotopic (exact) mass is 205 g/mol. The summed E-state index contributed by atoms with van der Waals surface area (Å²) in [7, 11) is 0. The maximum Gasteiger partial charge on any atom is 0.190 e. The molecular weight excluding hydrogens is 194 g/mol. The summed E-state index contributed by atoms with van der Waals surface area (Å²) in [5.41, 5.74) is 1.05. The molecule has 1 aromatic heterocycles. The molecule has 0 N–H and O–H groups in total. The fourth-order valence-electron chi connectivity index (χ4n) is 1.27. The summed E-state index contributed by atoms with van der Waals surface area (Å²) in [5.74, 6) is 0.804. The predicted octanol–water partition coefficient (Wildman–Crippen LogP) is 2.30. The van der Waals surface area contributed by atoms with Gasteiger partial charge in [-0.2, -0.15) is 5.10 Å². The van der Waals surface area contributed by atoms with Gasteiger partial charge in [-0.3, -0.25) is 0 Å². The first kappa shape index (κ1) is 9.27. The van der Waals surface area contributed by atoms with Gasteiger partial charge in [0.15, 0.2) is 5.16 Å². The summed E-state index contributed by atoms with van der Waals surface area (Å²) < 4.78 is 1.86. The number of hydrogen-bond donors (Lipinski definition) is 0. The molecule has 0 aliphatic rings. The number of benzene rings is 1. The van der Waals surface area contributed by atoms with Gasteiger partial charge in [0.05, 0.1) is 5.69 Å². The fourth-order valence-corrected chi connectivity index (χ4v) is 1.81. The maximum absolute atomic E-state index is 4.34. The Morgan fingerprint density at radius 1 is 1.21 bits per heavy atom. The molecule has 0 fully saturated rings. The molecule has 0 aliphatic carbocycles. The van der Waals surface area contributed by atoms with Gasteiger partial charge in [0.1, 0.15) is 5.82 Å². The highest BCUT2D eigenvalue weighted by Crippen LogP contribution is 2.16. The molecule has 2 rings (SSSR count). The van der Waals surface area contributed by atoms with Crippen molar-refractivity contribution in [1.82, 2.24) is 14.8 Å². The van der Waals surface area contributed by atoms with Crippen molar-refractivity contribution >= 4 is 11.8 Å². The summed E-state index contributed by atoms with van der Waals surface area (Å²) >= 11 is 1.60. The van der Waals surface area contributed by atoms with Gasteiger partial charge < -0.3 is 0 Å².